The van der Waals surface area contributed by atoms with E-state index in [1.807, 2.05) is 0 Å². The summed E-state index contributed by atoms with van der Waals surface area (Å²) in [6.07, 6.45) is 4.15. The van der Waals surface area contributed by atoms with Crippen LogP contribution in [0.15, 0.2) is 52.0 Å². The molecule has 0 bridgehead atoms. The molecule has 40 heavy (non-hydrogen) atoms. The van der Waals surface area contributed by atoms with Gasteiger partial charge in [-0.15, -0.1) is 0 Å². The van der Waals surface area contributed by atoms with Gasteiger partial charge in [-0.05, 0) is 75.7 Å². The lowest BCUT2D eigenvalue weighted by Gasteiger charge is -2.36. The number of rotatable bonds is 12. The molecule has 0 unspecified atom stereocenters. The molecule has 0 aliphatic heterocycles. The Balaban J connectivity index is 1.71. The average Bonchev–Trinajstić information content (AvgIpc) is 3.57. The van der Waals surface area contributed by atoms with Crippen LogP contribution in [0.25, 0.3) is 0 Å². The van der Waals surface area contributed by atoms with Crippen LogP contribution in [0.5, 0.6) is 0 Å². The number of halogens is 1. The van der Waals surface area contributed by atoms with Crippen LogP contribution in [0, 0.1) is 0 Å². The van der Waals surface area contributed by atoms with Crippen LogP contribution in [-0.4, -0.2) is 51.7 Å². The van der Waals surface area contributed by atoms with Gasteiger partial charge in [0, 0.05) is 17.3 Å². The molecule has 1 aromatic carbocycles. The van der Waals surface area contributed by atoms with E-state index in [1.165, 1.54) is 30.5 Å². The number of hydrazine groups is 1. The molecule has 1 aromatic heterocycles. The molecule has 10 nitrogen and oxygen atoms in total. The molecule has 13 heteroatoms. The minimum absolute atomic E-state index is 0.0320. The molecule has 0 radical (unpaired) electrons. The Bertz CT molecular complexity index is 1320. The van der Waals surface area contributed by atoms with Crippen LogP contribution < -0.4 is 10.7 Å². The van der Waals surface area contributed by atoms with E-state index in [9.17, 15) is 22.8 Å². The number of furan rings is 1. The van der Waals surface area contributed by atoms with Crippen molar-refractivity contribution in [2.24, 2.45) is 0 Å². The minimum atomic E-state index is -4.20. The second kappa shape index (κ2) is 12.7. The highest BCUT2D eigenvalue weighted by molar-refractivity contribution is 8.15. The van der Waals surface area contributed by atoms with Crippen molar-refractivity contribution in [2.75, 3.05) is 6.54 Å². The number of Topliss-reactive ketones (excluding diaryl/α,β-unsaturated/α-hetero) is 1. The number of nitrogens with zero attached hydrogens (tertiary/aromatic N) is 1. The smallest absolute Gasteiger partial charge is 0.320 e. The molecule has 220 valence electrons. The van der Waals surface area contributed by atoms with E-state index in [2.05, 4.69) is 10.7 Å². The summed E-state index contributed by atoms with van der Waals surface area (Å²) in [5.74, 6) is -0.177. The normalized spacial score (nSPS) is 15.8. The molecule has 1 heterocycles. The fourth-order valence-corrected chi connectivity index (χ4v) is 6.75. The highest BCUT2D eigenvalue weighted by atomic mass is 35.5. The third-order valence-electron chi connectivity index (χ3n) is 6.31. The molecule has 1 aliphatic carbocycles. The molecule has 0 spiro atoms. The number of benzene rings is 1. The lowest BCUT2D eigenvalue weighted by Crippen LogP contribution is -2.57. The van der Waals surface area contributed by atoms with Gasteiger partial charge in [-0.1, -0.05) is 36.7 Å². The molecule has 2 aromatic rings. The number of carbonyl (C=O) groups excluding carboxylic acids is 3. The highest BCUT2D eigenvalue weighted by Gasteiger charge is 2.48. The zero-order valence-electron chi connectivity index (χ0n) is 23.3. The Kier molecular flexibility index (Phi) is 10.3. The quantitative estimate of drug-likeness (QED) is 0.199. The van der Waals surface area contributed by atoms with Gasteiger partial charge in [-0.2, -0.15) is 0 Å². The fourth-order valence-electron chi connectivity index (χ4n) is 4.51. The Morgan fingerprint density at radius 3 is 2.38 bits per heavy atom. The summed E-state index contributed by atoms with van der Waals surface area (Å²) < 4.78 is 35.8. The summed E-state index contributed by atoms with van der Waals surface area (Å²) in [5.41, 5.74) is 1.03. The maximum absolute atomic E-state index is 13.8. The number of thioether (sulfide) groups is 1. The molecule has 2 N–H and O–H groups in total. The number of hydrogen-bond acceptors (Lipinski definition) is 10. The zero-order valence-corrected chi connectivity index (χ0v) is 25.7. The first-order valence-corrected chi connectivity index (χ1v) is 15.5. The molecule has 0 saturated heterocycles. The summed E-state index contributed by atoms with van der Waals surface area (Å²) in [4.78, 5) is 39.2. The van der Waals surface area contributed by atoms with Gasteiger partial charge in [0.05, 0.1) is 34.5 Å². The van der Waals surface area contributed by atoms with Gasteiger partial charge in [-0.3, -0.25) is 19.7 Å². The van der Waals surface area contributed by atoms with Gasteiger partial charge in [0.25, 0.3) is 10.0 Å². The molecule has 0 amide bonds. The second-order valence-corrected chi connectivity index (χ2v) is 15.0. The topological polar surface area (TPSA) is 135 Å². The zero-order chi connectivity index (χ0) is 29.8. The number of hydrogen-bond donors (Lipinski definition) is 2. The van der Waals surface area contributed by atoms with Crippen LogP contribution in [0.1, 0.15) is 76.4 Å². The molecule has 1 aliphatic rings. The van der Waals surface area contributed by atoms with Crippen molar-refractivity contribution in [3.05, 3.63) is 54.0 Å². The second-order valence-electron chi connectivity index (χ2n) is 11.1. The summed E-state index contributed by atoms with van der Waals surface area (Å²) in [6, 6.07) is 8.79. The van der Waals surface area contributed by atoms with Crippen molar-refractivity contribution in [1.29, 1.82) is 0 Å². The number of ketones is 1. The number of ether oxygens (including phenoxy) is 1. The first kappa shape index (κ1) is 32.3. The summed E-state index contributed by atoms with van der Waals surface area (Å²) in [7, 11) is -4.20. The molecule has 3 rings (SSSR count). The standard InChI is InChI=1S/C27H36ClN3O7S2/c1-25(2,3)38-22(32)18-29-27(13-6-7-14-27)24(34)26(4,5)39-23(33)19-10-8-12-21(16-19)40(35,36)31(28)30-17-20-11-9-15-37-20/h8-12,15-16,29-30H,6-7,13-14,17-18H2,1-5H3. The molecule has 0 atom stereocenters. The van der Waals surface area contributed by atoms with Crippen molar-refractivity contribution in [3.8, 4) is 0 Å². The maximum Gasteiger partial charge on any atom is 0.320 e. The molecule has 1 saturated carbocycles. The van der Waals surface area contributed by atoms with E-state index in [1.54, 1.807) is 46.8 Å². The van der Waals surface area contributed by atoms with Crippen molar-refractivity contribution >= 4 is 50.4 Å². The van der Waals surface area contributed by atoms with Crippen molar-refractivity contribution in [1.82, 2.24) is 14.7 Å². The lowest BCUT2D eigenvalue weighted by atomic mass is 9.85. The number of carbonyl (C=O) groups is 3. The monoisotopic (exact) mass is 613 g/mol. The molecule has 1 fully saturated rings. The van der Waals surface area contributed by atoms with Gasteiger partial charge in [0.2, 0.25) is 5.12 Å². The Hall–Kier alpha value is -2.22. The lowest BCUT2D eigenvalue weighted by molar-refractivity contribution is -0.154. The highest BCUT2D eigenvalue weighted by Crippen LogP contribution is 2.39. The van der Waals surface area contributed by atoms with E-state index in [0.717, 1.165) is 24.6 Å². The largest absolute Gasteiger partial charge is 0.468 e. The summed E-state index contributed by atoms with van der Waals surface area (Å²) in [5, 5.41) is 2.67. The number of sulfonamides is 1. The van der Waals surface area contributed by atoms with E-state index in [4.69, 9.17) is 20.9 Å². The number of nitrogens with one attached hydrogen (secondary N) is 2. The third-order valence-corrected chi connectivity index (χ3v) is 9.50. The van der Waals surface area contributed by atoms with Gasteiger partial charge in [0.1, 0.15) is 11.4 Å². The van der Waals surface area contributed by atoms with Crippen LogP contribution in [0.4, 0.5) is 0 Å². The molecular formula is C27H36ClN3O7S2. The molecular weight excluding hydrogens is 578 g/mol. The van der Waals surface area contributed by atoms with Gasteiger partial charge in [0.15, 0.2) is 5.78 Å². The van der Waals surface area contributed by atoms with Gasteiger partial charge in [-0.25, -0.2) is 13.8 Å². The summed E-state index contributed by atoms with van der Waals surface area (Å²) >= 11 is 6.81. The van der Waals surface area contributed by atoms with Crippen LogP contribution >= 0.6 is 23.5 Å². The first-order chi connectivity index (χ1) is 18.6. The maximum atomic E-state index is 13.8. The van der Waals surface area contributed by atoms with Gasteiger partial charge < -0.3 is 9.15 Å². The Morgan fingerprint density at radius 1 is 1.10 bits per heavy atom. The van der Waals surface area contributed by atoms with E-state index < -0.39 is 37.0 Å². The van der Waals surface area contributed by atoms with E-state index in [0.29, 0.717) is 22.5 Å². The Labute approximate surface area is 244 Å². The van der Waals surface area contributed by atoms with E-state index in [-0.39, 0.29) is 29.3 Å². The Morgan fingerprint density at radius 2 is 1.77 bits per heavy atom. The minimum Gasteiger partial charge on any atom is -0.468 e. The predicted molar refractivity (Wildman–Crippen MR) is 153 cm³/mol. The van der Waals surface area contributed by atoms with Crippen molar-refractivity contribution in [2.45, 2.75) is 87.6 Å². The first-order valence-electron chi connectivity index (χ1n) is 12.9. The fraction of sp³-hybridized carbons (Fsp3) is 0.519. The third kappa shape index (κ3) is 8.17. The van der Waals surface area contributed by atoms with Gasteiger partial charge >= 0.3 is 5.97 Å². The van der Waals surface area contributed by atoms with Crippen molar-refractivity contribution < 1.29 is 32.0 Å². The van der Waals surface area contributed by atoms with Crippen LogP contribution in [0.2, 0.25) is 0 Å². The predicted octanol–water partition coefficient (Wildman–Crippen LogP) is 4.59. The SMILES string of the molecule is CC(C)(C)OC(=O)CNC1(C(=O)C(C)(C)SC(=O)c2cccc(S(=O)(=O)N(Cl)NCc3ccco3)c2)CCCC1. The van der Waals surface area contributed by atoms with Crippen LogP contribution in [0.3, 0.4) is 0 Å². The summed E-state index contributed by atoms with van der Waals surface area (Å²) in [6.45, 7) is 8.55. The number of esters is 1. The van der Waals surface area contributed by atoms with Crippen molar-refractivity contribution in [3.63, 3.8) is 0 Å². The van der Waals surface area contributed by atoms with Crippen LogP contribution in [-0.2, 0) is 30.9 Å². The van der Waals surface area contributed by atoms with E-state index >= 15 is 0 Å². The average molecular weight is 614 g/mol.